The van der Waals surface area contributed by atoms with E-state index in [4.69, 9.17) is 0 Å². The Balaban J connectivity index is 1.90. The molecular formula is C12H22BrN. The zero-order chi connectivity index (χ0) is 10.2. The lowest BCUT2D eigenvalue weighted by Crippen LogP contribution is -2.45. The summed E-state index contributed by atoms with van der Waals surface area (Å²) in [4.78, 5) is 2.72. The molecule has 0 bridgehead atoms. The number of rotatable bonds is 3. The van der Waals surface area contributed by atoms with Crippen LogP contribution in [0.25, 0.3) is 0 Å². The molecule has 2 aliphatic rings. The average Bonchev–Trinajstić information content (AvgIpc) is 2.94. The molecule has 2 unspecified atom stereocenters. The summed E-state index contributed by atoms with van der Waals surface area (Å²) in [6.45, 7) is 7.49. The minimum Gasteiger partial charge on any atom is -0.300 e. The summed E-state index contributed by atoms with van der Waals surface area (Å²) >= 11 is 3.67. The highest BCUT2D eigenvalue weighted by Crippen LogP contribution is 2.48. The molecule has 0 aromatic carbocycles. The van der Waals surface area contributed by atoms with E-state index in [1.54, 1.807) is 0 Å². The Morgan fingerprint density at radius 3 is 2.64 bits per heavy atom. The number of hydrogen-bond donors (Lipinski definition) is 0. The first-order chi connectivity index (χ1) is 6.67. The monoisotopic (exact) mass is 259 g/mol. The number of nitrogens with zero attached hydrogens (tertiary/aromatic N) is 1. The largest absolute Gasteiger partial charge is 0.300 e. The maximum absolute atomic E-state index is 3.67. The zero-order valence-corrected chi connectivity index (χ0v) is 11.0. The standard InChI is InChI=1S/C12H22BrN/c1-10-4-3-7-14(11(10)2)9-12(8-13)5-6-12/h10-11H,3-9H2,1-2H3. The lowest BCUT2D eigenvalue weighted by Gasteiger charge is -2.39. The molecule has 1 aliphatic carbocycles. The van der Waals surface area contributed by atoms with E-state index in [1.165, 1.54) is 44.1 Å². The van der Waals surface area contributed by atoms with Crippen molar-refractivity contribution < 1.29 is 0 Å². The highest BCUT2D eigenvalue weighted by atomic mass is 79.9. The summed E-state index contributed by atoms with van der Waals surface area (Å²) in [5.74, 6) is 0.898. The molecule has 0 N–H and O–H groups in total. The van der Waals surface area contributed by atoms with Gasteiger partial charge >= 0.3 is 0 Å². The van der Waals surface area contributed by atoms with Crippen LogP contribution in [0.3, 0.4) is 0 Å². The molecule has 0 radical (unpaired) electrons. The van der Waals surface area contributed by atoms with E-state index >= 15 is 0 Å². The Bertz CT molecular complexity index is 200. The second-order valence-corrected chi connectivity index (χ2v) is 6.02. The Morgan fingerprint density at radius 1 is 1.36 bits per heavy atom. The SMILES string of the molecule is CC1CCCN(CC2(CBr)CC2)C1C. The second-order valence-electron chi connectivity index (χ2n) is 5.46. The van der Waals surface area contributed by atoms with E-state index in [9.17, 15) is 0 Å². The number of halogens is 1. The average molecular weight is 260 g/mol. The molecule has 2 fully saturated rings. The molecule has 1 nitrogen and oxygen atoms in total. The Morgan fingerprint density at radius 2 is 2.07 bits per heavy atom. The van der Waals surface area contributed by atoms with Gasteiger partial charge in [0.25, 0.3) is 0 Å². The zero-order valence-electron chi connectivity index (χ0n) is 9.43. The fraction of sp³-hybridized carbons (Fsp3) is 1.00. The molecule has 82 valence electrons. The van der Waals surface area contributed by atoms with E-state index in [1.807, 2.05) is 0 Å². The van der Waals surface area contributed by atoms with Crippen LogP contribution in [-0.2, 0) is 0 Å². The lowest BCUT2D eigenvalue weighted by atomic mass is 9.91. The first kappa shape index (κ1) is 10.9. The van der Waals surface area contributed by atoms with Gasteiger partial charge in [-0.1, -0.05) is 22.9 Å². The van der Waals surface area contributed by atoms with Gasteiger partial charge < -0.3 is 0 Å². The van der Waals surface area contributed by atoms with Crippen molar-refractivity contribution in [1.82, 2.24) is 4.90 Å². The summed E-state index contributed by atoms with van der Waals surface area (Å²) in [6.07, 6.45) is 5.72. The molecule has 1 heterocycles. The molecule has 1 aliphatic heterocycles. The van der Waals surface area contributed by atoms with Crippen LogP contribution in [0.5, 0.6) is 0 Å². The summed E-state index contributed by atoms with van der Waals surface area (Å²) in [5.41, 5.74) is 0.658. The third kappa shape index (κ3) is 2.16. The topological polar surface area (TPSA) is 3.24 Å². The smallest absolute Gasteiger partial charge is 0.0100 e. The van der Waals surface area contributed by atoms with Gasteiger partial charge in [0, 0.05) is 17.9 Å². The van der Waals surface area contributed by atoms with Gasteiger partial charge in [-0.25, -0.2) is 0 Å². The van der Waals surface area contributed by atoms with Crippen LogP contribution < -0.4 is 0 Å². The third-order valence-corrected chi connectivity index (χ3v) is 5.47. The lowest BCUT2D eigenvalue weighted by molar-refractivity contribution is 0.0945. The molecular weight excluding hydrogens is 238 g/mol. The molecule has 0 spiro atoms. The van der Waals surface area contributed by atoms with Gasteiger partial charge in [-0.3, -0.25) is 4.90 Å². The van der Waals surface area contributed by atoms with Crippen molar-refractivity contribution in [3.8, 4) is 0 Å². The van der Waals surface area contributed by atoms with Crippen molar-refractivity contribution >= 4 is 15.9 Å². The van der Waals surface area contributed by atoms with Crippen LogP contribution in [0, 0.1) is 11.3 Å². The van der Waals surface area contributed by atoms with Gasteiger partial charge in [-0.2, -0.15) is 0 Å². The molecule has 1 saturated carbocycles. The van der Waals surface area contributed by atoms with Crippen molar-refractivity contribution in [3.63, 3.8) is 0 Å². The van der Waals surface area contributed by atoms with Gasteiger partial charge in [0.05, 0.1) is 0 Å². The highest BCUT2D eigenvalue weighted by Gasteiger charge is 2.44. The molecule has 0 aromatic rings. The van der Waals surface area contributed by atoms with Crippen molar-refractivity contribution in [3.05, 3.63) is 0 Å². The maximum atomic E-state index is 3.67. The van der Waals surface area contributed by atoms with E-state index in [2.05, 4.69) is 34.7 Å². The molecule has 2 rings (SSSR count). The van der Waals surface area contributed by atoms with E-state index in [0.717, 1.165) is 12.0 Å². The van der Waals surface area contributed by atoms with Crippen molar-refractivity contribution in [2.24, 2.45) is 11.3 Å². The summed E-state index contributed by atoms with van der Waals surface area (Å²) < 4.78 is 0. The van der Waals surface area contributed by atoms with Crippen molar-refractivity contribution in [1.29, 1.82) is 0 Å². The predicted octanol–water partition coefficient (Wildman–Crippen LogP) is 3.28. The fourth-order valence-electron chi connectivity index (χ4n) is 2.59. The van der Waals surface area contributed by atoms with Gasteiger partial charge in [0.15, 0.2) is 0 Å². The minimum absolute atomic E-state index is 0.658. The first-order valence-electron chi connectivity index (χ1n) is 5.97. The summed E-state index contributed by atoms with van der Waals surface area (Å²) in [6, 6.07) is 0.806. The quantitative estimate of drug-likeness (QED) is 0.704. The number of piperidine rings is 1. The highest BCUT2D eigenvalue weighted by molar-refractivity contribution is 9.09. The molecule has 0 aromatic heterocycles. The third-order valence-electron chi connectivity index (χ3n) is 4.28. The van der Waals surface area contributed by atoms with Gasteiger partial charge in [0.1, 0.15) is 0 Å². The van der Waals surface area contributed by atoms with E-state index in [-0.39, 0.29) is 0 Å². The summed E-state index contributed by atoms with van der Waals surface area (Å²) in [7, 11) is 0. The Hall–Kier alpha value is 0.440. The van der Waals surface area contributed by atoms with Crippen LogP contribution in [0.1, 0.15) is 39.5 Å². The first-order valence-corrected chi connectivity index (χ1v) is 7.09. The normalized spacial score (nSPS) is 37.1. The van der Waals surface area contributed by atoms with Crippen LogP contribution in [0.15, 0.2) is 0 Å². The number of alkyl halides is 1. The van der Waals surface area contributed by atoms with Gasteiger partial charge in [-0.15, -0.1) is 0 Å². The van der Waals surface area contributed by atoms with Crippen LogP contribution in [0.2, 0.25) is 0 Å². The van der Waals surface area contributed by atoms with Crippen molar-refractivity contribution in [2.45, 2.75) is 45.6 Å². The van der Waals surface area contributed by atoms with Crippen LogP contribution >= 0.6 is 15.9 Å². The second kappa shape index (κ2) is 4.13. The summed E-state index contributed by atoms with van der Waals surface area (Å²) in [5, 5.41) is 1.21. The minimum atomic E-state index is 0.658. The molecule has 14 heavy (non-hydrogen) atoms. The molecule has 1 saturated heterocycles. The fourth-order valence-corrected chi connectivity index (χ4v) is 3.32. The van der Waals surface area contributed by atoms with Crippen LogP contribution in [0.4, 0.5) is 0 Å². The van der Waals surface area contributed by atoms with Gasteiger partial charge in [-0.05, 0) is 50.5 Å². The maximum Gasteiger partial charge on any atom is 0.0100 e. The van der Waals surface area contributed by atoms with Gasteiger partial charge in [0.2, 0.25) is 0 Å². The molecule has 2 heteroatoms. The number of hydrogen-bond acceptors (Lipinski definition) is 1. The van der Waals surface area contributed by atoms with E-state index < -0.39 is 0 Å². The van der Waals surface area contributed by atoms with Crippen molar-refractivity contribution in [2.75, 3.05) is 18.4 Å². The van der Waals surface area contributed by atoms with E-state index in [0.29, 0.717) is 5.41 Å². The predicted molar refractivity (Wildman–Crippen MR) is 64.9 cm³/mol. The number of likely N-dealkylation sites (tertiary alicyclic amines) is 1. The molecule has 0 amide bonds. The Labute approximate surface area is 96.4 Å². The molecule has 2 atom stereocenters. The van der Waals surface area contributed by atoms with Crippen LogP contribution in [-0.4, -0.2) is 29.4 Å². The Kier molecular flexibility index (Phi) is 3.23.